The molecular formula is C28H48BN9. The van der Waals surface area contributed by atoms with E-state index >= 15 is 0 Å². The molecule has 0 spiro atoms. The van der Waals surface area contributed by atoms with Crippen molar-refractivity contribution >= 4 is 6.69 Å². The van der Waals surface area contributed by atoms with Crippen LogP contribution in [0.2, 0.25) is 0 Å². The van der Waals surface area contributed by atoms with Gasteiger partial charge in [0.1, 0.15) is 0 Å². The Hall–Kier alpha value is -3.14. The molecule has 0 atom stereocenters. The van der Waals surface area contributed by atoms with Crippen LogP contribution in [0.3, 0.4) is 0 Å². The Bertz CT molecular complexity index is 894. The third-order valence-corrected chi connectivity index (χ3v) is 7.64. The van der Waals surface area contributed by atoms with Gasteiger partial charge in [0.25, 0.3) is 0 Å². The van der Waals surface area contributed by atoms with Crippen molar-refractivity contribution in [3.63, 3.8) is 0 Å². The van der Waals surface area contributed by atoms with E-state index in [1.807, 2.05) is 42.7 Å². The number of hydrogen-bond acceptors (Lipinski definition) is 4. The molecule has 4 aromatic rings. The zero-order valence-corrected chi connectivity index (χ0v) is 24.0. The average Bonchev–Trinajstić information content (AvgIpc) is 3.78. The normalized spacial score (nSPS) is 11.9. The maximum atomic E-state index is 4.20. The van der Waals surface area contributed by atoms with Crippen molar-refractivity contribution in [2.24, 2.45) is 0 Å². The fraction of sp³-hybridized carbons (Fsp3) is 0.571. The van der Waals surface area contributed by atoms with Crippen LogP contribution in [-0.4, -0.2) is 75.2 Å². The summed E-state index contributed by atoms with van der Waals surface area (Å²) in [5, 5.41) is 0. The summed E-state index contributed by atoms with van der Waals surface area (Å²) in [5.74, 6) is 0. The number of aromatic nitrogens is 8. The van der Waals surface area contributed by atoms with E-state index in [2.05, 4.69) is 47.6 Å². The fourth-order valence-corrected chi connectivity index (χ4v) is 5.47. The van der Waals surface area contributed by atoms with Gasteiger partial charge >= 0.3 is 6.69 Å². The van der Waals surface area contributed by atoms with Crippen LogP contribution in [0, 0.1) is 0 Å². The third-order valence-electron chi connectivity index (χ3n) is 7.64. The van der Waals surface area contributed by atoms with Gasteiger partial charge in [0.05, 0.1) is 51.5 Å². The van der Waals surface area contributed by atoms with E-state index in [1.165, 1.54) is 82.0 Å². The molecule has 0 unspecified atom stereocenters. The Morgan fingerprint density at radius 3 is 0.921 bits per heavy atom. The molecule has 0 aromatic carbocycles. The molecular weight excluding hydrogens is 473 g/mol. The van der Waals surface area contributed by atoms with Crippen molar-refractivity contribution in [1.29, 1.82) is 0 Å². The molecule has 0 bridgehead atoms. The first kappa shape index (κ1) is 29.4. The minimum atomic E-state index is -1.64. The summed E-state index contributed by atoms with van der Waals surface area (Å²) in [7, 11) is 0. The van der Waals surface area contributed by atoms with Crippen LogP contribution in [0.15, 0.2) is 74.9 Å². The average molecular weight is 522 g/mol. The molecule has 4 aromatic heterocycles. The summed E-state index contributed by atoms with van der Waals surface area (Å²) in [5.41, 5.74) is 0. The Kier molecular flexibility index (Phi) is 11.9. The molecule has 4 heterocycles. The van der Waals surface area contributed by atoms with Crippen LogP contribution in [0.5, 0.6) is 0 Å². The fourth-order valence-electron chi connectivity index (χ4n) is 5.47. The summed E-state index contributed by atoms with van der Waals surface area (Å²) in [6, 6.07) is 0. The van der Waals surface area contributed by atoms with E-state index in [0.717, 1.165) is 0 Å². The van der Waals surface area contributed by atoms with Crippen molar-refractivity contribution in [2.75, 3.05) is 26.2 Å². The molecule has 0 aliphatic heterocycles. The van der Waals surface area contributed by atoms with E-state index in [4.69, 9.17) is 0 Å². The smallest absolute Gasteiger partial charge is 0.405 e. The Balaban J connectivity index is 0.000000217. The quantitative estimate of drug-likeness (QED) is 0.146. The Labute approximate surface area is 229 Å². The molecule has 0 radical (unpaired) electrons. The lowest BCUT2D eigenvalue weighted by molar-refractivity contribution is -0.929. The number of nitrogens with zero attached hydrogens (tertiary/aromatic N) is 9. The van der Waals surface area contributed by atoms with Crippen LogP contribution in [0.1, 0.15) is 79.1 Å². The predicted molar refractivity (Wildman–Crippen MR) is 156 cm³/mol. The molecule has 0 amide bonds. The van der Waals surface area contributed by atoms with E-state index in [0.29, 0.717) is 0 Å². The van der Waals surface area contributed by atoms with Crippen LogP contribution in [0.4, 0.5) is 0 Å². The van der Waals surface area contributed by atoms with E-state index in [1.54, 1.807) is 50.1 Å². The van der Waals surface area contributed by atoms with Gasteiger partial charge in [0.2, 0.25) is 0 Å². The molecule has 9 nitrogen and oxygen atoms in total. The van der Waals surface area contributed by atoms with E-state index < -0.39 is 6.69 Å². The first-order valence-corrected chi connectivity index (χ1v) is 14.6. The highest BCUT2D eigenvalue weighted by Crippen LogP contribution is 2.17. The summed E-state index contributed by atoms with van der Waals surface area (Å²) in [4.78, 5) is 16.8. The number of hydrogen-bond donors (Lipinski definition) is 0. The highest BCUT2D eigenvalue weighted by molar-refractivity contribution is 6.73. The second-order valence-electron chi connectivity index (χ2n) is 10.4. The van der Waals surface area contributed by atoms with Crippen molar-refractivity contribution in [2.45, 2.75) is 79.1 Å². The largest absolute Gasteiger partial charge is 0.455 e. The van der Waals surface area contributed by atoms with Crippen LogP contribution in [0.25, 0.3) is 0 Å². The molecule has 10 heteroatoms. The lowest BCUT2D eigenvalue weighted by atomic mass is 9.72. The highest BCUT2D eigenvalue weighted by Gasteiger charge is 2.34. The molecule has 0 aliphatic carbocycles. The van der Waals surface area contributed by atoms with Crippen molar-refractivity contribution in [3.05, 3.63) is 74.9 Å². The summed E-state index contributed by atoms with van der Waals surface area (Å²) in [6.07, 6.45) is 32.8. The molecule has 0 aliphatic rings. The zero-order valence-electron chi connectivity index (χ0n) is 24.0. The molecule has 0 saturated carbocycles. The lowest BCUT2D eigenvalue weighted by Crippen LogP contribution is -2.62. The molecule has 0 saturated heterocycles. The lowest BCUT2D eigenvalue weighted by Gasteiger charge is -2.45. The van der Waals surface area contributed by atoms with Crippen molar-refractivity contribution < 1.29 is 4.48 Å². The maximum absolute atomic E-state index is 4.20. The van der Waals surface area contributed by atoms with Gasteiger partial charge in [0, 0.05) is 24.8 Å². The van der Waals surface area contributed by atoms with Crippen LogP contribution < -0.4 is 0 Å². The van der Waals surface area contributed by atoms with Crippen molar-refractivity contribution in [3.8, 4) is 0 Å². The third kappa shape index (κ3) is 7.04. The van der Waals surface area contributed by atoms with Crippen LogP contribution >= 0.6 is 0 Å². The summed E-state index contributed by atoms with van der Waals surface area (Å²) >= 11 is 0. The zero-order chi connectivity index (χ0) is 27.1. The minimum absolute atomic E-state index is 1.35. The Morgan fingerprint density at radius 1 is 0.474 bits per heavy atom. The molecule has 38 heavy (non-hydrogen) atoms. The second kappa shape index (κ2) is 15.3. The van der Waals surface area contributed by atoms with E-state index in [9.17, 15) is 0 Å². The summed E-state index contributed by atoms with van der Waals surface area (Å²) < 4.78 is 9.50. The van der Waals surface area contributed by atoms with Gasteiger partial charge in [-0.25, -0.2) is 19.9 Å². The highest BCUT2D eigenvalue weighted by atomic mass is 15.4. The van der Waals surface area contributed by atoms with E-state index in [-0.39, 0.29) is 0 Å². The number of unbranched alkanes of at least 4 members (excludes halogenated alkanes) is 4. The number of quaternary nitrogens is 1. The first-order valence-electron chi connectivity index (χ1n) is 14.6. The molecule has 0 fully saturated rings. The monoisotopic (exact) mass is 521 g/mol. The van der Waals surface area contributed by atoms with Gasteiger partial charge in [0.15, 0.2) is 0 Å². The van der Waals surface area contributed by atoms with Crippen LogP contribution in [-0.2, 0) is 0 Å². The number of rotatable bonds is 16. The standard InChI is InChI=1S/C16H36N.C12H12BN8/c1-5-9-13-17(14-10-6-2,15-11-7-3)16-12-8-4;1-5-18(9-14-1)13(19-6-2-15-10-19,20-7-3-16-11-20)21-8-4-17-12-21/h5-16H2,1-4H3;1-12H/q+1;-1. The second-order valence-corrected chi connectivity index (χ2v) is 10.4. The Morgan fingerprint density at radius 2 is 0.737 bits per heavy atom. The maximum Gasteiger partial charge on any atom is 0.405 e. The molecule has 208 valence electrons. The first-order chi connectivity index (χ1) is 18.7. The number of imidazole rings is 4. The van der Waals surface area contributed by atoms with Gasteiger partial charge in [-0.1, -0.05) is 53.4 Å². The van der Waals surface area contributed by atoms with Gasteiger partial charge in [-0.15, -0.1) is 0 Å². The topological polar surface area (TPSA) is 71.3 Å². The van der Waals surface area contributed by atoms with Gasteiger partial charge in [-0.05, 0) is 50.5 Å². The van der Waals surface area contributed by atoms with Crippen molar-refractivity contribution in [1.82, 2.24) is 37.8 Å². The van der Waals surface area contributed by atoms with Gasteiger partial charge in [-0.3, -0.25) is 0 Å². The molecule has 0 N–H and O–H groups in total. The van der Waals surface area contributed by atoms with Gasteiger partial charge in [-0.2, -0.15) is 0 Å². The molecule has 4 rings (SSSR count). The SMILES string of the molecule is CCCC[N+](CCCC)(CCCC)CCCC.c1cn([B-](n2ccnc2)(n2ccnc2)n2ccnc2)cn1. The summed E-state index contributed by atoms with van der Waals surface area (Å²) in [6.45, 7) is 13.4. The minimum Gasteiger partial charge on any atom is -0.455 e. The predicted octanol–water partition coefficient (Wildman–Crippen LogP) is 5.40. The van der Waals surface area contributed by atoms with Gasteiger partial charge < -0.3 is 22.4 Å².